The lowest BCUT2D eigenvalue weighted by Gasteiger charge is -2.11. The van der Waals surface area contributed by atoms with Crippen LogP contribution in [0.3, 0.4) is 0 Å². The second-order valence-corrected chi connectivity index (χ2v) is 5.84. The highest BCUT2D eigenvalue weighted by molar-refractivity contribution is 9.10. The molecule has 1 N–H and O–H groups in total. The number of anilines is 1. The van der Waals surface area contributed by atoms with E-state index >= 15 is 0 Å². The molecule has 2 rings (SSSR count). The van der Waals surface area contributed by atoms with Crippen molar-refractivity contribution >= 4 is 39.3 Å². The highest BCUT2D eigenvalue weighted by Gasteiger charge is 2.15. The number of halogens is 4. The highest BCUT2D eigenvalue weighted by Crippen LogP contribution is 2.32. The van der Waals surface area contributed by atoms with Crippen molar-refractivity contribution in [2.75, 3.05) is 5.32 Å². The zero-order chi connectivity index (χ0) is 15.4. The molecule has 0 unspecified atom stereocenters. The average molecular weight is 376 g/mol. The van der Waals surface area contributed by atoms with Crippen molar-refractivity contribution in [3.05, 3.63) is 58.3 Å². The van der Waals surface area contributed by atoms with Crippen LogP contribution in [-0.2, 0) is 0 Å². The molecule has 0 aliphatic rings. The number of amides is 1. The summed E-state index contributed by atoms with van der Waals surface area (Å²) in [5.41, 5.74) is 0.497. The molecule has 2 aromatic rings. The van der Waals surface area contributed by atoms with E-state index in [0.29, 0.717) is 16.2 Å². The molecule has 0 saturated carbocycles. The maximum atomic E-state index is 13.0. The molecular formula is C14H9BrF3NOS. The molecule has 0 aromatic heterocycles. The van der Waals surface area contributed by atoms with Gasteiger partial charge in [-0.15, -0.1) is 0 Å². The van der Waals surface area contributed by atoms with E-state index in [0.717, 1.165) is 12.1 Å². The first-order valence-electron chi connectivity index (χ1n) is 5.77. The number of para-hydroxylation sites is 1. The minimum Gasteiger partial charge on any atom is -0.321 e. The van der Waals surface area contributed by atoms with Crippen LogP contribution in [0.4, 0.5) is 18.9 Å². The lowest BCUT2D eigenvalue weighted by atomic mass is 10.2. The number of nitrogens with one attached hydrogen (secondary N) is 1. The first-order chi connectivity index (χ1) is 9.97. The Morgan fingerprint density at radius 1 is 1.19 bits per heavy atom. The molecule has 2 aromatic carbocycles. The minimum absolute atomic E-state index is 0.216. The lowest BCUT2D eigenvalue weighted by Crippen LogP contribution is -2.13. The Kier molecular flexibility index (Phi) is 5.30. The third-order valence-corrected chi connectivity index (χ3v) is 3.97. The fourth-order valence-electron chi connectivity index (χ4n) is 1.63. The number of benzene rings is 2. The van der Waals surface area contributed by atoms with Gasteiger partial charge in [0.05, 0.1) is 11.3 Å². The predicted molar refractivity (Wildman–Crippen MR) is 80.4 cm³/mol. The minimum atomic E-state index is -2.58. The number of rotatable bonds is 4. The molecule has 1 amide bonds. The molecule has 0 heterocycles. The number of alkyl halides is 2. The number of hydrogen-bond acceptors (Lipinski definition) is 2. The standard InChI is InChI=1S/C14H9BrF3NOS/c15-10-7-8(16)5-6-9(10)13(20)19-11-3-1-2-4-12(11)21-14(17)18/h1-7,14H,(H,19,20). The van der Waals surface area contributed by atoms with Gasteiger partial charge in [0.1, 0.15) is 5.82 Å². The SMILES string of the molecule is O=C(Nc1ccccc1SC(F)F)c1ccc(F)cc1Br. The summed E-state index contributed by atoms with van der Waals surface area (Å²) in [6.45, 7) is 0. The normalized spacial score (nSPS) is 10.7. The quantitative estimate of drug-likeness (QED) is 0.748. The molecule has 0 bridgehead atoms. The van der Waals surface area contributed by atoms with E-state index in [-0.39, 0.29) is 16.1 Å². The Labute approximate surface area is 131 Å². The van der Waals surface area contributed by atoms with Crippen molar-refractivity contribution in [1.29, 1.82) is 0 Å². The van der Waals surface area contributed by atoms with Crippen LogP contribution < -0.4 is 5.32 Å². The number of carbonyl (C=O) groups is 1. The smallest absolute Gasteiger partial charge is 0.288 e. The van der Waals surface area contributed by atoms with Gasteiger partial charge in [0.2, 0.25) is 0 Å². The average Bonchev–Trinajstić information content (AvgIpc) is 2.40. The van der Waals surface area contributed by atoms with Crippen molar-refractivity contribution < 1.29 is 18.0 Å². The maximum absolute atomic E-state index is 13.0. The highest BCUT2D eigenvalue weighted by atomic mass is 79.9. The molecule has 21 heavy (non-hydrogen) atoms. The van der Waals surface area contributed by atoms with Crippen LogP contribution in [0.2, 0.25) is 0 Å². The van der Waals surface area contributed by atoms with Gasteiger partial charge in [-0.1, -0.05) is 23.9 Å². The lowest BCUT2D eigenvalue weighted by molar-refractivity contribution is 0.102. The van der Waals surface area contributed by atoms with Crippen LogP contribution in [0.25, 0.3) is 0 Å². The molecule has 0 atom stereocenters. The molecule has 2 nitrogen and oxygen atoms in total. The van der Waals surface area contributed by atoms with Gasteiger partial charge in [0.25, 0.3) is 11.7 Å². The van der Waals surface area contributed by atoms with Crippen LogP contribution in [0, 0.1) is 5.82 Å². The van der Waals surface area contributed by atoms with Crippen LogP contribution in [0.5, 0.6) is 0 Å². The third kappa shape index (κ3) is 4.25. The molecule has 0 fully saturated rings. The van der Waals surface area contributed by atoms with E-state index in [2.05, 4.69) is 21.2 Å². The Morgan fingerprint density at radius 3 is 2.57 bits per heavy atom. The summed E-state index contributed by atoms with van der Waals surface area (Å²) in [5, 5.41) is 2.55. The van der Waals surface area contributed by atoms with Crippen LogP contribution >= 0.6 is 27.7 Å². The first kappa shape index (κ1) is 15.9. The van der Waals surface area contributed by atoms with Crippen molar-refractivity contribution in [3.8, 4) is 0 Å². The topological polar surface area (TPSA) is 29.1 Å². The number of thioether (sulfide) groups is 1. The molecule has 0 saturated heterocycles. The fraction of sp³-hybridized carbons (Fsp3) is 0.0714. The zero-order valence-electron chi connectivity index (χ0n) is 10.4. The van der Waals surface area contributed by atoms with Crippen LogP contribution in [0.1, 0.15) is 10.4 Å². The monoisotopic (exact) mass is 375 g/mol. The molecule has 0 aliphatic heterocycles. The van der Waals surface area contributed by atoms with E-state index in [1.54, 1.807) is 12.1 Å². The van der Waals surface area contributed by atoms with Crippen LogP contribution in [-0.4, -0.2) is 11.7 Å². The maximum Gasteiger partial charge on any atom is 0.288 e. The van der Waals surface area contributed by atoms with Crippen molar-refractivity contribution in [2.45, 2.75) is 10.7 Å². The molecular weight excluding hydrogens is 367 g/mol. The van der Waals surface area contributed by atoms with E-state index < -0.39 is 17.5 Å². The summed E-state index contributed by atoms with van der Waals surface area (Å²) in [7, 11) is 0. The molecule has 0 radical (unpaired) electrons. The first-order valence-corrected chi connectivity index (χ1v) is 7.45. The predicted octanol–water partition coefficient (Wildman–Crippen LogP) is 5.16. The van der Waals surface area contributed by atoms with Gasteiger partial charge in [0, 0.05) is 9.37 Å². The fourth-order valence-corrected chi connectivity index (χ4v) is 2.76. The van der Waals surface area contributed by atoms with E-state index in [1.807, 2.05) is 0 Å². The number of carbonyl (C=O) groups excluding carboxylic acids is 1. The summed E-state index contributed by atoms with van der Waals surface area (Å²) in [6, 6.07) is 9.89. The van der Waals surface area contributed by atoms with Gasteiger partial charge in [-0.3, -0.25) is 4.79 Å². The largest absolute Gasteiger partial charge is 0.321 e. The number of hydrogen-bond donors (Lipinski definition) is 1. The zero-order valence-corrected chi connectivity index (χ0v) is 12.8. The van der Waals surface area contributed by atoms with Gasteiger partial charge in [-0.25, -0.2) is 4.39 Å². The second kappa shape index (κ2) is 7.00. The van der Waals surface area contributed by atoms with E-state index in [4.69, 9.17) is 0 Å². The van der Waals surface area contributed by atoms with Gasteiger partial charge in [-0.05, 0) is 46.3 Å². The Balaban J connectivity index is 2.23. The summed E-state index contributed by atoms with van der Waals surface area (Å²) in [4.78, 5) is 12.4. The summed E-state index contributed by atoms with van der Waals surface area (Å²) < 4.78 is 38.2. The van der Waals surface area contributed by atoms with Gasteiger partial charge >= 0.3 is 0 Å². The van der Waals surface area contributed by atoms with Gasteiger partial charge < -0.3 is 5.32 Å². The van der Waals surface area contributed by atoms with Crippen molar-refractivity contribution in [1.82, 2.24) is 0 Å². The molecule has 0 aliphatic carbocycles. The van der Waals surface area contributed by atoms with Crippen molar-refractivity contribution in [3.63, 3.8) is 0 Å². The molecule has 110 valence electrons. The summed E-state index contributed by atoms with van der Waals surface area (Å²) in [6.07, 6.45) is 0. The third-order valence-electron chi connectivity index (χ3n) is 2.53. The van der Waals surface area contributed by atoms with Crippen LogP contribution in [0.15, 0.2) is 51.8 Å². The van der Waals surface area contributed by atoms with Gasteiger partial charge in [0.15, 0.2) is 0 Å². The Bertz CT molecular complexity index is 666. The molecule has 7 heteroatoms. The second-order valence-electron chi connectivity index (χ2n) is 3.95. The summed E-state index contributed by atoms with van der Waals surface area (Å²) >= 11 is 3.44. The van der Waals surface area contributed by atoms with E-state index in [9.17, 15) is 18.0 Å². The molecule has 0 spiro atoms. The Hall–Kier alpha value is -1.47. The summed E-state index contributed by atoms with van der Waals surface area (Å²) in [5.74, 6) is -3.57. The van der Waals surface area contributed by atoms with Gasteiger partial charge in [-0.2, -0.15) is 8.78 Å². The Morgan fingerprint density at radius 2 is 1.90 bits per heavy atom. The van der Waals surface area contributed by atoms with E-state index in [1.165, 1.54) is 18.2 Å². The van der Waals surface area contributed by atoms with Crippen molar-refractivity contribution in [2.24, 2.45) is 0 Å².